The number of hydrogen-bond acceptors (Lipinski definition) is 3. The third kappa shape index (κ3) is 5.53. The van der Waals surface area contributed by atoms with E-state index in [4.69, 9.17) is 5.41 Å². The van der Waals surface area contributed by atoms with Crippen LogP contribution in [-0.4, -0.2) is 10.9 Å². The first-order valence-corrected chi connectivity index (χ1v) is 3.74. The molecule has 14 heavy (non-hydrogen) atoms. The molecule has 0 heterocycles. The van der Waals surface area contributed by atoms with Crippen molar-refractivity contribution in [1.29, 1.82) is 5.41 Å². The van der Waals surface area contributed by atoms with Crippen molar-refractivity contribution in [3.05, 3.63) is 39.9 Å². The van der Waals surface area contributed by atoms with E-state index >= 15 is 0 Å². The highest BCUT2D eigenvalue weighted by atomic mass is 16.6. The normalized spacial score (nSPS) is 8.36. The molecule has 6 nitrogen and oxygen atoms in total. The highest BCUT2D eigenvalue weighted by molar-refractivity contribution is 5.71. The Morgan fingerprint density at radius 1 is 1.36 bits per heavy atom. The van der Waals surface area contributed by atoms with Gasteiger partial charge < -0.3 is 11.5 Å². The molecular formula is C8H12N4O2. The summed E-state index contributed by atoms with van der Waals surface area (Å²) in [5.74, 6) is -0.333. The minimum atomic E-state index is -0.403. The standard InChI is InChI=1S/C7H7NO2.CH5N3/c1-6-2-4-7(5-3-6)8(9)10;2-1(3)4/h2-5H,1H3;(H5,2,3,4). The van der Waals surface area contributed by atoms with Crippen LogP contribution in [0.3, 0.4) is 0 Å². The molecule has 5 N–H and O–H groups in total. The van der Waals surface area contributed by atoms with Gasteiger partial charge in [0.1, 0.15) is 0 Å². The van der Waals surface area contributed by atoms with Gasteiger partial charge in [-0.05, 0) is 6.92 Å². The van der Waals surface area contributed by atoms with Crippen LogP contribution in [0.25, 0.3) is 0 Å². The maximum absolute atomic E-state index is 10.1. The number of guanidine groups is 1. The van der Waals surface area contributed by atoms with E-state index in [9.17, 15) is 10.1 Å². The molecule has 0 radical (unpaired) electrons. The van der Waals surface area contributed by atoms with E-state index in [0.29, 0.717) is 0 Å². The summed E-state index contributed by atoms with van der Waals surface area (Å²) in [6, 6.07) is 6.43. The number of nitro groups is 1. The zero-order valence-electron chi connectivity index (χ0n) is 7.73. The largest absolute Gasteiger partial charge is 0.370 e. The summed E-state index contributed by atoms with van der Waals surface area (Å²) in [6.07, 6.45) is 0. The van der Waals surface area contributed by atoms with Crippen molar-refractivity contribution in [2.24, 2.45) is 11.5 Å². The van der Waals surface area contributed by atoms with Crippen molar-refractivity contribution in [2.75, 3.05) is 0 Å². The number of nitro benzene ring substituents is 1. The number of nitrogens with zero attached hydrogens (tertiary/aromatic N) is 1. The van der Waals surface area contributed by atoms with Gasteiger partial charge in [0.25, 0.3) is 5.69 Å². The zero-order chi connectivity index (χ0) is 11.1. The molecule has 6 heteroatoms. The lowest BCUT2D eigenvalue weighted by Gasteiger charge is -1.90. The average molecular weight is 196 g/mol. The minimum absolute atomic E-state index is 0.144. The summed E-state index contributed by atoms with van der Waals surface area (Å²) in [5.41, 5.74) is 10.1. The summed E-state index contributed by atoms with van der Waals surface area (Å²) in [6.45, 7) is 1.89. The molecule has 0 aliphatic rings. The number of benzene rings is 1. The summed E-state index contributed by atoms with van der Waals surface area (Å²) >= 11 is 0. The fourth-order valence-corrected chi connectivity index (χ4v) is 0.666. The van der Waals surface area contributed by atoms with Gasteiger partial charge >= 0.3 is 0 Å². The monoisotopic (exact) mass is 196 g/mol. The van der Waals surface area contributed by atoms with Crippen LogP contribution >= 0.6 is 0 Å². The van der Waals surface area contributed by atoms with Crippen LogP contribution < -0.4 is 11.5 Å². The number of nitrogens with one attached hydrogen (secondary N) is 1. The molecule has 0 amide bonds. The Morgan fingerprint density at radius 3 is 2.00 bits per heavy atom. The number of nitrogens with two attached hydrogens (primary N) is 2. The molecule has 0 aliphatic heterocycles. The molecule has 0 aromatic heterocycles. The van der Waals surface area contributed by atoms with Crippen molar-refractivity contribution in [3.63, 3.8) is 0 Å². The van der Waals surface area contributed by atoms with Crippen LogP contribution in [0.2, 0.25) is 0 Å². The van der Waals surface area contributed by atoms with Crippen molar-refractivity contribution in [3.8, 4) is 0 Å². The predicted molar refractivity (Wildman–Crippen MR) is 53.9 cm³/mol. The van der Waals surface area contributed by atoms with Crippen molar-refractivity contribution in [2.45, 2.75) is 6.92 Å². The molecule has 1 aromatic rings. The number of rotatable bonds is 1. The van der Waals surface area contributed by atoms with Gasteiger partial charge in [-0.1, -0.05) is 17.7 Å². The van der Waals surface area contributed by atoms with E-state index < -0.39 is 4.92 Å². The van der Waals surface area contributed by atoms with Crippen LogP contribution in [-0.2, 0) is 0 Å². The first kappa shape index (κ1) is 11.9. The maximum Gasteiger partial charge on any atom is 0.269 e. The molecule has 1 rings (SSSR count). The lowest BCUT2D eigenvalue weighted by Crippen LogP contribution is -2.20. The fourth-order valence-electron chi connectivity index (χ4n) is 0.666. The summed E-state index contributed by atoms with van der Waals surface area (Å²) in [7, 11) is 0. The van der Waals surface area contributed by atoms with Crippen molar-refractivity contribution >= 4 is 11.6 Å². The first-order chi connectivity index (χ1) is 6.43. The molecule has 76 valence electrons. The Hall–Kier alpha value is -2.11. The first-order valence-electron chi connectivity index (χ1n) is 3.74. The van der Waals surface area contributed by atoms with E-state index in [2.05, 4.69) is 11.5 Å². The van der Waals surface area contributed by atoms with Crippen LogP contribution in [0.5, 0.6) is 0 Å². The van der Waals surface area contributed by atoms with Crippen molar-refractivity contribution in [1.82, 2.24) is 0 Å². The average Bonchev–Trinajstić information content (AvgIpc) is 2.03. The summed E-state index contributed by atoms with van der Waals surface area (Å²) in [4.78, 5) is 9.71. The molecule has 0 aliphatic carbocycles. The third-order valence-corrected chi connectivity index (χ3v) is 1.24. The highest BCUT2D eigenvalue weighted by Crippen LogP contribution is 2.10. The van der Waals surface area contributed by atoms with E-state index in [0.717, 1.165) is 5.56 Å². The molecule has 0 unspecified atom stereocenters. The smallest absolute Gasteiger partial charge is 0.269 e. The SMILES string of the molecule is Cc1ccc([N+](=O)[O-])cc1.N=C(N)N. The Labute approximate surface area is 81.2 Å². The molecule has 0 bridgehead atoms. The van der Waals surface area contributed by atoms with Gasteiger partial charge in [-0.3, -0.25) is 15.5 Å². The maximum atomic E-state index is 10.1. The highest BCUT2D eigenvalue weighted by Gasteiger charge is 2.00. The van der Waals surface area contributed by atoms with Crippen LogP contribution in [0.1, 0.15) is 5.56 Å². The van der Waals surface area contributed by atoms with Crippen molar-refractivity contribution < 1.29 is 4.92 Å². The molecular weight excluding hydrogens is 184 g/mol. The number of non-ortho nitro benzene ring substituents is 1. The van der Waals surface area contributed by atoms with Gasteiger partial charge in [0, 0.05) is 12.1 Å². The molecule has 0 atom stereocenters. The zero-order valence-corrected chi connectivity index (χ0v) is 7.73. The van der Waals surface area contributed by atoms with Crippen LogP contribution in [0.4, 0.5) is 5.69 Å². The topological polar surface area (TPSA) is 119 Å². The van der Waals surface area contributed by atoms with Crippen LogP contribution in [0, 0.1) is 22.4 Å². The number of hydrogen-bond donors (Lipinski definition) is 3. The lowest BCUT2D eigenvalue weighted by molar-refractivity contribution is -0.384. The fraction of sp³-hybridized carbons (Fsp3) is 0.125. The molecule has 0 spiro atoms. The van der Waals surface area contributed by atoms with Gasteiger partial charge in [-0.15, -0.1) is 0 Å². The third-order valence-electron chi connectivity index (χ3n) is 1.24. The lowest BCUT2D eigenvalue weighted by atomic mass is 10.2. The summed E-state index contributed by atoms with van der Waals surface area (Å²) < 4.78 is 0. The Kier molecular flexibility index (Phi) is 4.69. The molecule has 1 aromatic carbocycles. The van der Waals surface area contributed by atoms with E-state index in [1.807, 2.05) is 6.92 Å². The van der Waals surface area contributed by atoms with Gasteiger partial charge in [-0.25, -0.2) is 0 Å². The van der Waals surface area contributed by atoms with Crippen LogP contribution in [0.15, 0.2) is 24.3 Å². The molecule has 0 saturated heterocycles. The predicted octanol–water partition coefficient (Wildman–Crippen LogP) is 0.742. The Bertz CT molecular complexity index is 317. The Morgan fingerprint density at radius 2 is 1.71 bits per heavy atom. The van der Waals surface area contributed by atoms with E-state index in [1.54, 1.807) is 12.1 Å². The van der Waals surface area contributed by atoms with Gasteiger partial charge in [0.05, 0.1) is 4.92 Å². The second-order valence-electron chi connectivity index (χ2n) is 2.55. The van der Waals surface area contributed by atoms with E-state index in [-0.39, 0.29) is 11.6 Å². The van der Waals surface area contributed by atoms with Gasteiger partial charge in [0.2, 0.25) is 0 Å². The van der Waals surface area contributed by atoms with Gasteiger partial charge in [0.15, 0.2) is 5.96 Å². The van der Waals surface area contributed by atoms with Gasteiger partial charge in [-0.2, -0.15) is 0 Å². The van der Waals surface area contributed by atoms with E-state index in [1.165, 1.54) is 12.1 Å². The second kappa shape index (κ2) is 5.52. The minimum Gasteiger partial charge on any atom is -0.370 e. The number of aryl methyl sites for hydroxylation is 1. The molecule has 0 fully saturated rings. The molecule has 0 saturated carbocycles. The second-order valence-corrected chi connectivity index (χ2v) is 2.55. The summed E-state index contributed by atoms with van der Waals surface area (Å²) in [5, 5.41) is 16.2. The Balaban J connectivity index is 0.000000364. The quantitative estimate of drug-likeness (QED) is 0.265.